The Morgan fingerprint density at radius 3 is 2.40 bits per heavy atom. The molecule has 0 aliphatic carbocycles. The molecule has 0 aliphatic rings. The minimum Gasteiger partial charge on any atom is -0.481 e. The van der Waals surface area contributed by atoms with Crippen molar-refractivity contribution in [3.63, 3.8) is 0 Å². The number of carbonyl (C=O) groups is 1. The van der Waals surface area contributed by atoms with Crippen molar-refractivity contribution in [2.75, 3.05) is 0 Å². The van der Waals surface area contributed by atoms with Crippen LogP contribution in [0.25, 0.3) is 0 Å². The molecule has 0 bridgehead atoms. The maximum Gasteiger partial charge on any atom is 0.342 e. The summed E-state index contributed by atoms with van der Waals surface area (Å²) in [5.74, 6) is -1.02. The minimum absolute atomic E-state index is 0.211. The van der Waals surface area contributed by atoms with E-state index in [4.69, 9.17) is 5.11 Å². The molecule has 0 unspecified atom stereocenters. The van der Waals surface area contributed by atoms with Gasteiger partial charge in [0.25, 0.3) is 0 Å². The van der Waals surface area contributed by atoms with Gasteiger partial charge in [0.1, 0.15) is 0 Å². The monoisotopic (exact) mass is 546 g/mol. The van der Waals surface area contributed by atoms with Crippen molar-refractivity contribution in [2.24, 2.45) is 0 Å². The van der Waals surface area contributed by atoms with E-state index >= 15 is 0 Å². The number of aliphatic carboxylic acids is 1. The first-order chi connectivity index (χ1) is 6.91. The molecule has 15 heavy (non-hydrogen) atoms. The summed E-state index contributed by atoms with van der Waals surface area (Å²) in [6.07, 6.45) is -0.249. The molecule has 0 amide bonds. The van der Waals surface area contributed by atoms with E-state index in [0.717, 1.165) is 3.57 Å². The third-order valence-corrected chi connectivity index (χ3v) is 6.22. The lowest BCUT2D eigenvalue weighted by atomic mass is 10.2. The summed E-state index contributed by atoms with van der Waals surface area (Å²) in [6.45, 7) is 0. The topological polar surface area (TPSA) is 71.4 Å². The van der Waals surface area contributed by atoms with Gasteiger partial charge in [0.2, 0.25) is 0 Å². The van der Waals surface area contributed by atoms with Crippen LogP contribution in [0.1, 0.15) is 5.56 Å². The van der Waals surface area contributed by atoms with Crippen molar-refractivity contribution in [3.05, 3.63) is 28.4 Å². The predicted molar refractivity (Wildman–Crippen MR) is 77.3 cm³/mol. The number of benzene rings is 1. The first kappa shape index (κ1) is 13.5. The van der Waals surface area contributed by atoms with Crippen molar-refractivity contribution in [2.45, 2.75) is 6.42 Å². The van der Waals surface area contributed by atoms with Crippen LogP contribution < -0.4 is 0 Å². The Labute approximate surface area is 120 Å². The maximum atomic E-state index is 11.1. The molecule has 0 radical (unpaired) electrons. The smallest absolute Gasteiger partial charge is 0.342 e. The average Bonchev–Trinajstić information content (AvgIpc) is 1.99. The summed E-state index contributed by atoms with van der Waals surface area (Å²) in [4.78, 5) is 10.6. The molecule has 1 aromatic carbocycles. The van der Waals surface area contributed by atoms with Gasteiger partial charge in [0, 0.05) is 7.14 Å². The molecule has 1 aromatic rings. The average molecular weight is 546 g/mol. The predicted octanol–water partition coefficient (Wildman–Crippen LogP) is 2.89. The Balaban J connectivity index is 3.39. The van der Waals surface area contributed by atoms with E-state index in [2.05, 4.69) is 0 Å². The summed E-state index contributed by atoms with van der Waals surface area (Å²) < 4.78 is 23.8. The van der Waals surface area contributed by atoms with Crippen LogP contribution in [0.5, 0.6) is 0 Å². The fourth-order valence-corrected chi connectivity index (χ4v) is 5.64. The molecule has 0 fully saturated rings. The lowest BCUT2D eigenvalue weighted by Crippen LogP contribution is -2.04. The number of hydrogen-bond donors (Lipinski definition) is 1. The van der Waals surface area contributed by atoms with E-state index in [0.29, 0.717) is 9.13 Å². The molecule has 0 aliphatic heterocycles. The largest absolute Gasteiger partial charge is 0.481 e. The van der Waals surface area contributed by atoms with Gasteiger partial charge in [-0.3, -0.25) is 4.79 Å². The van der Waals surface area contributed by atoms with E-state index in [1.165, 1.54) is 0 Å². The van der Waals surface area contributed by atoms with Gasteiger partial charge >= 0.3 is 25.8 Å². The summed E-state index contributed by atoms with van der Waals surface area (Å²) in [6, 6.07) is 3.33. The lowest BCUT2D eigenvalue weighted by Gasteiger charge is -2.04. The van der Waals surface area contributed by atoms with Gasteiger partial charge in [0.05, 0.1) is 9.99 Å². The molecular weight excluding hydrogens is 541 g/mol. The Kier molecular flexibility index (Phi) is 5.15. The Hall–Kier alpha value is 0.480. The maximum absolute atomic E-state index is 11.1. The minimum atomic E-state index is -3.63. The highest BCUT2D eigenvalue weighted by atomic mass is 127. The fourth-order valence-electron chi connectivity index (χ4n) is 1.07. The molecule has 0 saturated carbocycles. The van der Waals surface area contributed by atoms with Crippen LogP contribution in [0.2, 0.25) is 0 Å². The second-order valence-corrected chi connectivity index (χ2v) is 7.38. The standard InChI is InChI=1S/C8H5I3O4/c9-5-1-4(2-7(12)13)8(11(14)15)6(10)3-5/h1,3H,2H2,(H,12,13). The molecule has 0 aromatic heterocycles. The van der Waals surface area contributed by atoms with Crippen molar-refractivity contribution in [1.82, 2.24) is 0 Å². The van der Waals surface area contributed by atoms with Gasteiger partial charge in [0.15, 0.2) is 0 Å². The normalized spacial score (nSPS) is 10.6. The third-order valence-electron chi connectivity index (χ3n) is 1.56. The van der Waals surface area contributed by atoms with Gasteiger partial charge in [-0.25, -0.2) is 6.14 Å². The zero-order chi connectivity index (χ0) is 11.6. The zero-order valence-electron chi connectivity index (χ0n) is 7.17. The van der Waals surface area contributed by atoms with E-state index in [1.54, 1.807) is 12.1 Å². The van der Waals surface area contributed by atoms with Gasteiger partial charge in [-0.1, -0.05) is 0 Å². The molecule has 7 heteroatoms. The molecule has 0 heterocycles. The molecule has 1 N–H and O–H groups in total. The highest BCUT2D eigenvalue weighted by molar-refractivity contribution is 14.2. The first-order valence-electron chi connectivity index (χ1n) is 3.67. The van der Waals surface area contributed by atoms with E-state index < -0.39 is 25.8 Å². The molecule has 0 saturated heterocycles. The number of carboxylic acid groups (broad SMARTS) is 1. The van der Waals surface area contributed by atoms with Crippen LogP contribution in [0, 0.1) is 10.7 Å². The van der Waals surface area contributed by atoms with Crippen molar-refractivity contribution < 1.29 is 16.0 Å². The highest BCUT2D eigenvalue weighted by Crippen LogP contribution is 2.29. The fraction of sp³-hybridized carbons (Fsp3) is 0.125. The summed E-state index contributed by atoms with van der Waals surface area (Å²) in [5.41, 5.74) is 0.383. The second-order valence-electron chi connectivity index (χ2n) is 2.65. The SMILES string of the molecule is O=C(O)Cc1cc(I)cc(I)c1I(=O)=O. The molecule has 1 rings (SSSR count). The van der Waals surface area contributed by atoms with Crippen LogP contribution in [0.3, 0.4) is 0 Å². The zero-order valence-corrected chi connectivity index (χ0v) is 13.6. The molecule has 0 spiro atoms. The summed E-state index contributed by atoms with van der Waals surface area (Å²) in [7, 11) is 0. The van der Waals surface area contributed by atoms with Gasteiger partial charge in [-0.15, -0.1) is 0 Å². The molecule has 82 valence electrons. The van der Waals surface area contributed by atoms with Crippen LogP contribution in [0.4, 0.5) is 0 Å². The Morgan fingerprint density at radius 1 is 1.33 bits per heavy atom. The van der Waals surface area contributed by atoms with E-state index in [9.17, 15) is 10.9 Å². The van der Waals surface area contributed by atoms with Gasteiger partial charge < -0.3 is 5.11 Å². The van der Waals surface area contributed by atoms with Crippen LogP contribution >= 0.6 is 65.0 Å². The number of rotatable bonds is 3. The molecule has 4 nitrogen and oxygen atoms in total. The number of hydrogen-bond acceptors (Lipinski definition) is 3. The Bertz CT molecular complexity index is 471. The van der Waals surface area contributed by atoms with Gasteiger partial charge in [-0.2, -0.15) is 0 Å². The summed E-state index contributed by atoms with van der Waals surface area (Å²) >= 11 is 0.318. The second kappa shape index (κ2) is 5.70. The molecular formula is C8H5I3O4. The van der Waals surface area contributed by atoms with Crippen LogP contribution in [-0.2, 0) is 17.4 Å². The van der Waals surface area contributed by atoms with Gasteiger partial charge in [-0.05, 0) is 62.9 Å². The Morgan fingerprint density at radius 2 is 1.93 bits per heavy atom. The van der Waals surface area contributed by atoms with Crippen LogP contribution in [0.15, 0.2) is 12.1 Å². The van der Waals surface area contributed by atoms with E-state index in [-0.39, 0.29) is 9.99 Å². The van der Waals surface area contributed by atoms with Crippen molar-refractivity contribution >= 4 is 70.9 Å². The van der Waals surface area contributed by atoms with E-state index in [1.807, 2.05) is 45.2 Å². The van der Waals surface area contributed by atoms with Crippen LogP contribution in [-0.4, -0.2) is 11.1 Å². The summed E-state index contributed by atoms with van der Waals surface area (Å²) in [5, 5.41) is 8.66. The third kappa shape index (κ3) is 3.76. The first-order valence-corrected chi connectivity index (χ1v) is 8.66. The number of halogens is 3. The highest BCUT2D eigenvalue weighted by Gasteiger charge is 2.15. The van der Waals surface area contributed by atoms with Crippen molar-refractivity contribution in [3.8, 4) is 0 Å². The molecule has 0 atom stereocenters. The quantitative estimate of drug-likeness (QED) is 0.468. The number of carboxylic acids is 1. The lowest BCUT2D eigenvalue weighted by molar-refractivity contribution is -0.136. The van der Waals surface area contributed by atoms with Crippen molar-refractivity contribution in [1.29, 1.82) is 0 Å².